The van der Waals surface area contributed by atoms with Gasteiger partial charge in [0, 0.05) is 45.8 Å². The maximum absolute atomic E-state index is 10.3. The number of pyridine rings is 1. The molecule has 0 aromatic carbocycles. The van der Waals surface area contributed by atoms with Crippen LogP contribution in [0.3, 0.4) is 0 Å². The van der Waals surface area contributed by atoms with Gasteiger partial charge in [-0.2, -0.15) is 4.98 Å². The first kappa shape index (κ1) is 19.4. The molecule has 0 bridgehead atoms. The maximum Gasteiger partial charge on any atom is 0.215 e. The molecule has 6 heteroatoms. The number of aryl methyl sites for hydroxylation is 1. The van der Waals surface area contributed by atoms with E-state index in [1.807, 2.05) is 12.1 Å². The Morgan fingerprint density at radius 1 is 1.40 bits per heavy atom. The molecule has 0 saturated carbocycles. The monoisotopic (exact) mass is 347 g/mol. The Morgan fingerprint density at radius 3 is 3.04 bits per heavy atom. The molecule has 25 heavy (non-hydrogen) atoms. The van der Waals surface area contributed by atoms with Crippen molar-refractivity contribution in [2.24, 2.45) is 5.92 Å². The van der Waals surface area contributed by atoms with Crippen LogP contribution < -0.4 is 10.1 Å². The summed E-state index contributed by atoms with van der Waals surface area (Å²) in [6.45, 7) is 4.63. The lowest BCUT2D eigenvalue weighted by Crippen LogP contribution is -2.22. The summed E-state index contributed by atoms with van der Waals surface area (Å²) in [4.78, 5) is 17.2. The Labute approximate surface area is 150 Å². The zero-order chi connectivity index (χ0) is 17.9. The second-order valence-electron chi connectivity index (χ2n) is 6.39. The Hall–Kier alpha value is -1.92. The fourth-order valence-electron chi connectivity index (χ4n) is 3.07. The zero-order valence-electron chi connectivity index (χ0n) is 15.2. The third-order valence-corrected chi connectivity index (χ3v) is 4.28. The van der Waals surface area contributed by atoms with Crippen molar-refractivity contribution in [2.45, 2.75) is 19.3 Å². The van der Waals surface area contributed by atoms with E-state index in [1.165, 1.54) is 12.0 Å². The number of hydrogen-bond acceptors (Lipinski definition) is 6. The van der Waals surface area contributed by atoms with Crippen LogP contribution in [-0.4, -0.2) is 63.2 Å². The van der Waals surface area contributed by atoms with E-state index in [0.717, 1.165) is 51.1 Å². The molecule has 0 spiro atoms. The van der Waals surface area contributed by atoms with Crippen molar-refractivity contribution in [1.82, 2.24) is 9.88 Å². The lowest BCUT2D eigenvalue weighted by Gasteiger charge is -2.18. The van der Waals surface area contributed by atoms with Gasteiger partial charge in [-0.3, -0.25) is 9.69 Å². The highest BCUT2D eigenvalue weighted by Crippen LogP contribution is 2.23. The van der Waals surface area contributed by atoms with Gasteiger partial charge in [0.25, 0.3) is 0 Å². The van der Waals surface area contributed by atoms with Crippen LogP contribution in [0.4, 0.5) is 5.82 Å². The Bertz CT molecular complexity index is 563. The Kier molecular flexibility index (Phi) is 8.42. The molecule has 6 nitrogen and oxygen atoms in total. The van der Waals surface area contributed by atoms with Crippen molar-refractivity contribution in [3.05, 3.63) is 29.8 Å². The van der Waals surface area contributed by atoms with Gasteiger partial charge in [-0.1, -0.05) is 6.08 Å². The number of aldehydes is 1. The first-order valence-corrected chi connectivity index (χ1v) is 8.86. The number of anilines is 1. The first-order valence-electron chi connectivity index (χ1n) is 8.86. The summed E-state index contributed by atoms with van der Waals surface area (Å²) in [7, 11) is 3.25. The number of nitrogens with zero attached hydrogens (tertiary/aromatic N) is 2. The number of carbonyl (C=O) groups is 1. The second kappa shape index (κ2) is 10.8. The number of carbonyl (C=O) groups excluding carboxylic acids is 1. The van der Waals surface area contributed by atoms with E-state index in [1.54, 1.807) is 20.3 Å². The second-order valence-corrected chi connectivity index (χ2v) is 6.39. The van der Waals surface area contributed by atoms with E-state index in [-0.39, 0.29) is 0 Å². The number of nitrogens with one attached hydrogen (secondary N) is 1. The van der Waals surface area contributed by atoms with Crippen LogP contribution >= 0.6 is 0 Å². The number of ether oxygens (including phenoxy) is 2. The van der Waals surface area contributed by atoms with E-state index in [9.17, 15) is 4.79 Å². The van der Waals surface area contributed by atoms with Gasteiger partial charge in [0.15, 0.2) is 0 Å². The summed E-state index contributed by atoms with van der Waals surface area (Å²) in [5.41, 5.74) is 1.28. The Morgan fingerprint density at radius 2 is 2.24 bits per heavy atom. The molecule has 1 fully saturated rings. The zero-order valence-corrected chi connectivity index (χ0v) is 15.2. The lowest BCUT2D eigenvalue weighted by molar-refractivity contribution is -0.104. The Balaban J connectivity index is 0.000000701. The van der Waals surface area contributed by atoms with Gasteiger partial charge in [0.1, 0.15) is 12.1 Å². The maximum atomic E-state index is 10.3. The molecular formula is C19H29N3O3. The molecule has 1 saturated heterocycles. The molecule has 0 radical (unpaired) electrons. The number of rotatable bonds is 6. The standard InChI is InChI=1S/C17H23N3O2.C2H6O/c21-11-2-1-9-20-10-7-14(12-20)13-22-16-6-5-15-4-3-8-18-17(15)19-16;1-3-2/h1-2,5-6,11,14H,3-4,7-10,12-13H2,(H,18,19);1-2H3/b2-1+;. The summed E-state index contributed by atoms with van der Waals surface area (Å²) in [6.07, 6.45) is 7.71. The van der Waals surface area contributed by atoms with Gasteiger partial charge in [0.05, 0.1) is 6.61 Å². The molecule has 1 atom stereocenters. The van der Waals surface area contributed by atoms with E-state index in [2.05, 4.69) is 26.0 Å². The van der Waals surface area contributed by atoms with Gasteiger partial charge in [-0.05, 0) is 43.5 Å². The summed E-state index contributed by atoms with van der Waals surface area (Å²) in [6, 6.07) is 4.10. The average Bonchev–Trinajstić information content (AvgIpc) is 3.08. The third-order valence-electron chi connectivity index (χ3n) is 4.28. The highest BCUT2D eigenvalue weighted by atomic mass is 16.5. The van der Waals surface area contributed by atoms with Gasteiger partial charge >= 0.3 is 0 Å². The summed E-state index contributed by atoms with van der Waals surface area (Å²) < 4.78 is 10.1. The minimum Gasteiger partial charge on any atom is -0.477 e. The van der Waals surface area contributed by atoms with E-state index >= 15 is 0 Å². The summed E-state index contributed by atoms with van der Waals surface area (Å²) in [5, 5.41) is 3.33. The van der Waals surface area contributed by atoms with Crippen LogP contribution in [0, 0.1) is 5.92 Å². The molecule has 1 aromatic heterocycles. The fraction of sp³-hybridized carbons (Fsp3) is 0.579. The van der Waals surface area contributed by atoms with Crippen LogP contribution in [0.15, 0.2) is 24.3 Å². The van der Waals surface area contributed by atoms with Crippen molar-refractivity contribution in [3.63, 3.8) is 0 Å². The lowest BCUT2D eigenvalue weighted by atomic mass is 10.1. The number of fused-ring (bicyclic) bond motifs is 1. The van der Waals surface area contributed by atoms with E-state index in [0.29, 0.717) is 18.4 Å². The van der Waals surface area contributed by atoms with Crippen molar-refractivity contribution in [2.75, 3.05) is 52.3 Å². The molecule has 1 unspecified atom stereocenters. The quantitative estimate of drug-likeness (QED) is 0.628. The van der Waals surface area contributed by atoms with E-state index < -0.39 is 0 Å². The topological polar surface area (TPSA) is 63.7 Å². The fourth-order valence-corrected chi connectivity index (χ4v) is 3.07. The molecule has 2 aliphatic rings. The van der Waals surface area contributed by atoms with Crippen molar-refractivity contribution in [3.8, 4) is 5.88 Å². The normalized spacial score (nSPS) is 19.7. The third kappa shape index (κ3) is 6.48. The van der Waals surface area contributed by atoms with Crippen LogP contribution in [0.25, 0.3) is 0 Å². The van der Waals surface area contributed by atoms with Crippen molar-refractivity contribution < 1.29 is 14.3 Å². The number of hydrogen-bond donors (Lipinski definition) is 1. The predicted molar refractivity (Wildman–Crippen MR) is 99.2 cm³/mol. The number of aromatic nitrogens is 1. The van der Waals surface area contributed by atoms with Gasteiger partial charge in [0.2, 0.25) is 5.88 Å². The van der Waals surface area contributed by atoms with Crippen molar-refractivity contribution >= 4 is 12.1 Å². The van der Waals surface area contributed by atoms with Crippen molar-refractivity contribution in [1.29, 1.82) is 0 Å². The SMILES string of the molecule is COC.O=C/C=C/CN1CCC(COc2ccc3c(n2)NCCC3)C1. The van der Waals surface area contributed by atoms with E-state index in [4.69, 9.17) is 4.74 Å². The van der Waals surface area contributed by atoms with Gasteiger partial charge in [-0.15, -0.1) is 0 Å². The number of likely N-dealkylation sites (tertiary alicyclic amines) is 1. The molecule has 3 rings (SSSR count). The van der Waals surface area contributed by atoms with Crippen LogP contribution in [0.2, 0.25) is 0 Å². The van der Waals surface area contributed by atoms with Crippen LogP contribution in [-0.2, 0) is 16.0 Å². The predicted octanol–water partition coefficient (Wildman–Crippen LogP) is 2.16. The molecule has 0 aliphatic carbocycles. The molecule has 2 aliphatic heterocycles. The molecule has 138 valence electrons. The molecule has 1 aromatic rings. The number of methoxy groups -OCH3 is 1. The van der Waals surface area contributed by atoms with Crippen LogP contribution in [0.1, 0.15) is 18.4 Å². The smallest absolute Gasteiger partial charge is 0.215 e. The van der Waals surface area contributed by atoms with Crippen LogP contribution in [0.5, 0.6) is 5.88 Å². The molecule has 0 amide bonds. The highest BCUT2D eigenvalue weighted by molar-refractivity contribution is 5.64. The number of allylic oxidation sites excluding steroid dienone is 1. The summed E-state index contributed by atoms with van der Waals surface area (Å²) in [5.74, 6) is 2.23. The summed E-state index contributed by atoms with van der Waals surface area (Å²) >= 11 is 0. The van der Waals surface area contributed by atoms with Gasteiger partial charge < -0.3 is 14.8 Å². The first-order chi connectivity index (χ1) is 12.3. The minimum atomic E-state index is 0.537. The highest BCUT2D eigenvalue weighted by Gasteiger charge is 2.22. The largest absolute Gasteiger partial charge is 0.477 e. The minimum absolute atomic E-state index is 0.537. The molecular weight excluding hydrogens is 318 g/mol. The molecule has 3 heterocycles. The van der Waals surface area contributed by atoms with Gasteiger partial charge in [-0.25, -0.2) is 0 Å². The molecule has 1 N–H and O–H groups in total. The average molecular weight is 347 g/mol.